The molecule has 1 aliphatic rings. The molecule has 0 atom stereocenters. The number of carbonyl (C=O) groups is 1. The van der Waals surface area contributed by atoms with Gasteiger partial charge in [0.25, 0.3) is 0 Å². The number of aromatic amines is 1. The van der Waals surface area contributed by atoms with Crippen LogP contribution >= 0.6 is 0 Å². The van der Waals surface area contributed by atoms with Gasteiger partial charge in [-0.25, -0.2) is 0 Å². The van der Waals surface area contributed by atoms with Crippen LogP contribution in [-0.2, 0) is 4.79 Å². The summed E-state index contributed by atoms with van der Waals surface area (Å²) in [6, 6.07) is 0. The van der Waals surface area contributed by atoms with Gasteiger partial charge >= 0.3 is 0 Å². The molecule has 1 amide bonds. The molecule has 1 fully saturated rings. The van der Waals surface area contributed by atoms with Gasteiger partial charge in [0.2, 0.25) is 5.91 Å². The Morgan fingerprint density at radius 1 is 1.67 bits per heavy atom. The smallest absolute Gasteiger partial charge is 0.239 e. The van der Waals surface area contributed by atoms with Crippen molar-refractivity contribution in [1.82, 2.24) is 15.5 Å². The van der Waals surface area contributed by atoms with E-state index >= 15 is 0 Å². The van der Waals surface area contributed by atoms with Crippen LogP contribution in [0.3, 0.4) is 0 Å². The molecule has 1 aliphatic carbocycles. The van der Waals surface area contributed by atoms with Gasteiger partial charge < -0.3 is 10.6 Å². The summed E-state index contributed by atoms with van der Waals surface area (Å²) >= 11 is 0. The molecule has 0 spiro atoms. The summed E-state index contributed by atoms with van der Waals surface area (Å²) in [5.74, 6) is 1.46. The van der Waals surface area contributed by atoms with E-state index in [-0.39, 0.29) is 5.91 Å². The molecule has 3 N–H and O–H groups in total. The van der Waals surface area contributed by atoms with E-state index in [1.54, 1.807) is 6.20 Å². The predicted octanol–water partition coefficient (Wildman–Crippen LogP) is 0.656. The van der Waals surface area contributed by atoms with Gasteiger partial charge in [0, 0.05) is 5.56 Å². The van der Waals surface area contributed by atoms with E-state index in [1.165, 1.54) is 12.8 Å². The maximum absolute atomic E-state index is 11.4. The predicted molar refractivity (Wildman–Crippen MR) is 57.5 cm³/mol. The van der Waals surface area contributed by atoms with Crippen LogP contribution in [0.4, 0.5) is 5.82 Å². The molecule has 15 heavy (non-hydrogen) atoms. The van der Waals surface area contributed by atoms with Gasteiger partial charge in [-0.05, 0) is 32.2 Å². The van der Waals surface area contributed by atoms with E-state index in [9.17, 15) is 4.79 Å². The average Bonchev–Trinajstić information content (AvgIpc) is 2.93. The Bertz CT molecular complexity index is 343. The molecule has 5 heteroatoms. The molecule has 2 rings (SSSR count). The number of H-pyrrole nitrogens is 1. The van der Waals surface area contributed by atoms with Gasteiger partial charge in [0.1, 0.15) is 5.82 Å². The summed E-state index contributed by atoms with van der Waals surface area (Å²) in [6.45, 7) is 3.22. The Balaban J connectivity index is 1.69. The Morgan fingerprint density at radius 3 is 3.07 bits per heavy atom. The second kappa shape index (κ2) is 4.44. The van der Waals surface area contributed by atoms with Crippen LogP contribution in [0.1, 0.15) is 18.4 Å². The highest BCUT2D eigenvalue weighted by molar-refractivity contribution is 5.91. The lowest BCUT2D eigenvalue weighted by atomic mass is 10.3. The molecule has 1 saturated carbocycles. The third-order valence-electron chi connectivity index (χ3n) is 2.51. The number of hydrogen-bond donors (Lipinski definition) is 3. The Labute approximate surface area is 88.6 Å². The van der Waals surface area contributed by atoms with Crippen LogP contribution in [0.2, 0.25) is 0 Å². The van der Waals surface area contributed by atoms with Gasteiger partial charge in [-0.2, -0.15) is 5.10 Å². The maximum atomic E-state index is 11.4. The van der Waals surface area contributed by atoms with Crippen molar-refractivity contribution >= 4 is 11.7 Å². The van der Waals surface area contributed by atoms with Gasteiger partial charge in [-0.15, -0.1) is 0 Å². The SMILES string of the molecule is Cc1cn[nH]c1NC(=O)CNCC1CC1. The minimum Gasteiger partial charge on any atom is -0.310 e. The number of hydrogen-bond acceptors (Lipinski definition) is 3. The zero-order valence-electron chi connectivity index (χ0n) is 8.84. The summed E-state index contributed by atoms with van der Waals surface area (Å²) in [6.07, 6.45) is 4.29. The van der Waals surface area contributed by atoms with Crippen molar-refractivity contribution in [2.75, 3.05) is 18.4 Å². The van der Waals surface area contributed by atoms with Crippen molar-refractivity contribution < 1.29 is 4.79 Å². The molecule has 1 heterocycles. The van der Waals surface area contributed by atoms with Crippen LogP contribution in [-0.4, -0.2) is 29.2 Å². The van der Waals surface area contributed by atoms with Crippen LogP contribution < -0.4 is 10.6 Å². The first-order valence-electron chi connectivity index (χ1n) is 5.26. The normalized spacial score (nSPS) is 15.3. The summed E-state index contributed by atoms with van der Waals surface area (Å²) in [4.78, 5) is 11.4. The summed E-state index contributed by atoms with van der Waals surface area (Å²) in [5.41, 5.74) is 0.950. The molecular formula is C10H16N4O. The van der Waals surface area contributed by atoms with Crippen LogP contribution in [0.15, 0.2) is 6.20 Å². The number of amides is 1. The number of nitrogens with zero attached hydrogens (tertiary/aromatic N) is 1. The summed E-state index contributed by atoms with van der Waals surface area (Å²) in [5, 5.41) is 12.5. The van der Waals surface area contributed by atoms with E-state index in [2.05, 4.69) is 20.8 Å². The highest BCUT2D eigenvalue weighted by Crippen LogP contribution is 2.27. The van der Waals surface area contributed by atoms with Crippen molar-refractivity contribution in [3.05, 3.63) is 11.8 Å². The lowest BCUT2D eigenvalue weighted by Gasteiger charge is -2.04. The van der Waals surface area contributed by atoms with Gasteiger partial charge in [0.15, 0.2) is 0 Å². The Morgan fingerprint density at radius 2 is 2.47 bits per heavy atom. The molecular weight excluding hydrogens is 192 g/mol. The largest absolute Gasteiger partial charge is 0.310 e. The fourth-order valence-electron chi connectivity index (χ4n) is 1.37. The van der Waals surface area contributed by atoms with Crippen molar-refractivity contribution in [3.63, 3.8) is 0 Å². The van der Waals surface area contributed by atoms with E-state index in [1.807, 2.05) is 6.92 Å². The quantitative estimate of drug-likeness (QED) is 0.665. The Kier molecular flexibility index (Phi) is 3.01. The number of aromatic nitrogens is 2. The topological polar surface area (TPSA) is 69.8 Å². The monoisotopic (exact) mass is 208 g/mol. The van der Waals surface area contributed by atoms with Crippen molar-refractivity contribution in [2.24, 2.45) is 5.92 Å². The first kappa shape index (κ1) is 10.2. The third kappa shape index (κ3) is 3.06. The third-order valence-corrected chi connectivity index (χ3v) is 2.51. The maximum Gasteiger partial charge on any atom is 0.239 e. The van der Waals surface area contributed by atoms with Crippen LogP contribution in [0.25, 0.3) is 0 Å². The first-order chi connectivity index (χ1) is 7.25. The second-order valence-electron chi connectivity index (χ2n) is 4.05. The lowest BCUT2D eigenvalue weighted by molar-refractivity contribution is -0.115. The van der Waals surface area contributed by atoms with Crippen molar-refractivity contribution in [2.45, 2.75) is 19.8 Å². The second-order valence-corrected chi connectivity index (χ2v) is 4.05. The molecule has 0 bridgehead atoms. The van der Waals surface area contributed by atoms with E-state index in [0.717, 1.165) is 18.0 Å². The average molecular weight is 208 g/mol. The zero-order valence-corrected chi connectivity index (χ0v) is 8.84. The van der Waals surface area contributed by atoms with Crippen LogP contribution in [0, 0.1) is 12.8 Å². The number of anilines is 1. The van der Waals surface area contributed by atoms with E-state index in [0.29, 0.717) is 12.4 Å². The number of carbonyl (C=O) groups excluding carboxylic acids is 1. The molecule has 1 aromatic rings. The van der Waals surface area contributed by atoms with Crippen molar-refractivity contribution in [1.29, 1.82) is 0 Å². The Hall–Kier alpha value is -1.36. The molecule has 0 aromatic carbocycles. The summed E-state index contributed by atoms with van der Waals surface area (Å²) in [7, 11) is 0. The van der Waals surface area contributed by atoms with Gasteiger partial charge in [-0.1, -0.05) is 0 Å². The van der Waals surface area contributed by atoms with E-state index in [4.69, 9.17) is 0 Å². The fourth-order valence-corrected chi connectivity index (χ4v) is 1.37. The molecule has 82 valence electrons. The molecule has 1 aromatic heterocycles. The highest BCUT2D eigenvalue weighted by atomic mass is 16.2. The molecule has 0 unspecified atom stereocenters. The summed E-state index contributed by atoms with van der Waals surface area (Å²) < 4.78 is 0. The van der Waals surface area contributed by atoms with Crippen LogP contribution in [0.5, 0.6) is 0 Å². The fraction of sp³-hybridized carbons (Fsp3) is 0.600. The lowest BCUT2D eigenvalue weighted by Crippen LogP contribution is -2.29. The van der Waals surface area contributed by atoms with Gasteiger partial charge in [0.05, 0.1) is 12.7 Å². The van der Waals surface area contributed by atoms with E-state index < -0.39 is 0 Å². The van der Waals surface area contributed by atoms with Crippen molar-refractivity contribution in [3.8, 4) is 0 Å². The first-order valence-corrected chi connectivity index (χ1v) is 5.26. The minimum atomic E-state index is -0.0250. The minimum absolute atomic E-state index is 0.0250. The van der Waals surface area contributed by atoms with Gasteiger partial charge in [-0.3, -0.25) is 9.89 Å². The molecule has 5 nitrogen and oxygen atoms in total. The molecule has 0 saturated heterocycles. The zero-order chi connectivity index (χ0) is 10.7. The highest BCUT2D eigenvalue weighted by Gasteiger charge is 2.20. The number of rotatable bonds is 5. The number of aryl methyl sites for hydroxylation is 1. The number of nitrogens with one attached hydrogen (secondary N) is 3. The standard InChI is InChI=1S/C10H16N4O/c1-7-4-12-14-10(7)13-9(15)6-11-5-8-2-3-8/h4,8,11H,2-3,5-6H2,1H3,(H2,12,13,14,15). The molecule has 0 radical (unpaired) electrons. The molecule has 0 aliphatic heterocycles.